The van der Waals surface area contributed by atoms with Crippen LogP contribution in [0.3, 0.4) is 0 Å². The Morgan fingerprint density at radius 1 is 1.36 bits per heavy atom. The van der Waals surface area contributed by atoms with E-state index < -0.39 is 0 Å². The first-order valence-electron chi connectivity index (χ1n) is 5.49. The summed E-state index contributed by atoms with van der Waals surface area (Å²) in [6.07, 6.45) is 1.30. The fourth-order valence-corrected chi connectivity index (χ4v) is 3.48. The maximum Gasteiger partial charge on any atom is 0.120 e. The molecule has 0 aromatic carbocycles. The molecule has 0 aliphatic carbocycles. The largest absolute Gasteiger partial charge is 0.360 e. The van der Waals surface area contributed by atoms with Crippen molar-refractivity contribution in [3.05, 3.63) is 0 Å². The molecule has 14 heavy (non-hydrogen) atoms. The molecule has 0 spiro atoms. The quantitative estimate of drug-likeness (QED) is 0.724. The Labute approximate surface area is 91.2 Å². The maximum atomic E-state index is 6.04. The van der Waals surface area contributed by atoms with Gasteiger partial charge in [0.2, 0.25) is 0 Å². The van der Waals surface area contributed by atoms with E-state index in [4.69, 9.17) is 4.74 Å². The highest BCUT2D eigenvalue weighted by Crippen LogP contribution is 2.36. The van der Waals surface area contributed by atoms with E-state index in [0.717, 1.165) is 13.2 Å². The fourth-order valence-electron chi connectivity index (χ4n) is 2.09. The van der Waals surface area contributed by atoms with Gasteiger partial charge in [-0.05, 0) is 19.1 Å². The van der Waals surface area contributed by atoms with Gasteiger partial charge in [-0.2, -0.15) is 11.8 Å². The molecule has 82 valence electrons. The van der Waals surface area contributed by atoms with Gasteiger partial charge in [-0.25, -0.2) is 0 Å². The highest BCUT2D eigenvalue weighted by Gasteiger charge is 2.42. The standard InChI is InChI=1S/C11H21NOS/c1-10(2)7-12-11(3,13-8-10)9-4-5-14-6-9/h9,12H,4-8H2,1-3H3. The molecule has 0 bridgehead atoms. The Kier molecular flexibility index (Phi) is 2.84. The van der Waals surface area contributed by atoms with Gasteiger partial charge in [-0.1, -0.05) is 13.8 Å². The van der Waals surface area contributed by atoms with E-state index in [9.17, 15) is 0 Å². The Bertz CT molecular complexity index is 201. The molecule has 0 saturated carbocycles. The molecule has 2 heterocycles. The molecule has 2 saturated heterocycles. The summed E-state index contributed by atoms with van der Waals surface area (Å²) in [5, 5.41) is 3.59. The van der Waals surface area contributed by atoms with Crippen LogP contribution in [0.2, 0.25) is 0 Å². The van der Waals surface area contributed by atoms with Crippen molar-refractivity contribution in [3.8, 4) is 0 Å². The summed E-state index contributed by atoms with van der Waals surface area (Å²) >= 11 is 2.05. The minimum absolute atomic E-state index is 0.0565. The van der Waals surface area contributed by atoms with Gasteiger partial charge >= 0.3 is 0 Å². The highest BCUT2D eigenvalue weighted by molar-refractivity contribution is 7.99. The molecule has 0 amide bonds. The molecular formula is C11H21NOS. The average molecular weight is 215 g/mol. The van der Waals surface area contributed by atoms with E-state index in [1.807, 2.05) is 0 Å². The first-order valence-corrected chi connectivity index (χ1v) is 6.64. The van der Waals surface area contributed by atoms with Crippen LogP contribution in [0.4, 0.5) is 0 Å². The Balaban J connectivity index is 1.97. The number of hydrogen-bond donors (Lipinski definition) is 1. The number of ether oxygens (including phenoxy) is 1. The number of thioether (sulfide) groups is 1. The van der Waals surface area contributed by atoms with Crippen molar-refractivity contribution in [1.82, 2.24) is 5.32 Å². The second-order valence-corrected chi connectivity index (χ2v) is 6.62. The first kappa shape index (κ1) is 10.8. The van der Waals surface area contributed by atoms with Crippen molar-refractivity contribution >= 4 is 11.8 Å². The monoisotopic (exact) mass is 215 g/mol. The molecular weight excluding hydrogens is 194 g/mol. The Hall–Kier alpha value is 0.270. The molecule has 2 rings (SSSR count). The van der Waals surface area contributed by atoms with Crippen LogP contribution in [0.25, 0.3) is 0 Å². The van der Waals surface area contributed by atoms with E-state index in [2.05, 4.69) is 37.8 Å². The molecule has 0 aromatic rings. The van der Waals surface area contributed by atoms with Crippen molar-refractivity contribution in [1.29, 1.82) is 0 Å². The van der Waals surface area contributed by atoms with E-state index >= 15 is 0 Å². The fraction of sp³-hybridized carbons (Fsp3) is 1.00. The molecule has 2 aliphatic heterocycles. The topological polar surface area (TPSA) is 21.3 Å². The van der Waals surface area contributed by atoms with Crippen LogP contribution in [0.5, 0.6) is 0 Å². The lowest BCUT2D eigenvalue weighted by Crippen LogP contribution is -2.59. The van der Waals surface area contributed by atoms with Gasteiger partial charge in [0, 0.05) is 23.6 Å². The minimum atomic E-state index is -0.0565. The molecule has 2 unspecified atom stereocenters. The van der Waals surface area contributed by atoms with Gasteiger partial charge in [0.25, 0.3) is 0 Å². The van der Waals surface area contributed by atoms with E-state index in [0.29, 0.717) is 11.3 Å². The first-order chi connectivity index (χ1) is 6.52. The predicted octanol–water partition coefficient (Wildman–Crippen LogP) is 2.10. The summed E-state index contributed by atoms with van der Waals surface area (Å²) < 4.78 is 6.04. The van der Waals surface area contributed by atoms with E-state index in [1.165, 1.54) is 17.9 Å². The Morgan fingerprint density at radius 3 is 2.64 bits per heavy atom. The number of nitrogens with one attached hydrogen (secondary N) is 1. The number of hydrogen-bond acceptors (Lipinski definition) is 3. The lowest BCUT2D eigenvalue weighted by Gasteiger charge is -2.45. The molecule has 2 atom stereocenters. The lowest BCUT2D eigenvalue weighted by molar-refractivity contribution is -0.151. The van der Waals surface area contributed by atoms with Gasteiger partial charge in [-0.15, -0.1) is 0 Å². The third-order valence-corrected chi connectivity index (χ3v) is 4.55. The predicted molar refractivity (Wildman–Crippen MR) is 61.6 cm³/mol. The van der Waals surface area contributed by atoms with E-state index in [1.54, 1.807) is 0 Å². The van der Waals surface area contributed by atoms with Crippen LogP contribution in [0.15, 0.2) is 0 Å². The van der Waals surface area contributed by atoms with Crippen LogP contribution in [-0.4, -0.2) is 30.4 Å². The molecule has 0 radical (unpaired) electrons. The lowest BCUT2D eigenvalue weighted by atomic mass is 9.88. The van der Waals surface area contributed by atoms with Crippen molar-refractivity contribution in [3.63, 3.8) is 0 Å². The molecule has 0 aromatic heterocycles. The second kappa shape index (κ2) is 3.69. The minimum Gasteiger partial charge on any atom is -0.360 e. The smallest absolute Gasteiger partial charge is 0.120 e. The van der Waals surface area contributed by atoms with Gasteiger partial charge in [-0.3, -0.25) is 5.32 Å². The summed E-state index contributed by atoms with van der Waals surface area (Å²) in [6.45, 7) is 8.69. The van der Waals surface area contributed by atoms with Crippen LogP contribution in [0, 0.1) is 11.3 Å². The van der Waals surface area contributed by atoms with Crippen LogP contribution < -0.4 is 5.32 Å². The second-order valence-electron chi connectivity index (χ2n) is 5.47. The molecule has 2 fully saturated rings. The summed E-state index contributed by atoms with van der Waals surface area (Å²) in [5.74, 6) is 3.25. The zero-order valence-electron chi connectivity index (χ0n) is 9.43. The molecule has 2 aliphatic rings. The maximum absolute atomic E-state index is 6.04. The summed E-state index contributed by atoms with van der Waals surface area (Å²) in [4.78, 5) is 0. The highest BCUT2D eigenvalue weighted by atomic mass is 32.2. The SMILES string of the molecule is CC1(C)CNC(C)(C2CCSC2)OC1. The van der Waals surface area contributed by atoms with Crippen LogP contribution in [0.1, 0.15) is 27.2 Å². The summed E-state index contributed by atoms with van der Waals surface area (Å²) in [6, 6.07) is 0. The van der Waals surface area contributed by atoms with Crippen molar-refractivity contribution < 1.29 is 4.74 Å². The normalized spacial score (nSPS) is 42.6. The van der Waals surface area contributed by atoms with Crippen molar-refractivity contribution in [2.75, 3.05) is 24.7 Å². The third-order valence-electron chi connectivity index (χ3n) is 3.39. The van der Waals surface area contributed by atoms with Crippen molar-refractivity contribution in [2.45, 2.75) is 32.9 Å². The zero-order valence-corrected chi connectivity index (χ0v) is 10.2. The molecule has 3 heteroatoms. The van der Waals surface area contributed by atoms with Gasteiger partial charge in [0.15, 0.2) is 0 Å². The molecule has 2 nitrogen and oxygen atoms in total. The molecule has 1 N–H and O–H groups in total. The average Bonchev–Trinajstić information content (AvgIpc) is 2.64. The van der Waals surface area contributed by atoms with Crippen LogP contribution in [-0.2, 0) is 4.74 Å². The summed E-state index contributed by atoms with van der Waals surface area (Å²) in [7, 11) is 0. The van der Waals surface area contributed by atoms with Crippen molar-refractivity contribution in [2.24, 2.45) is 11.3 Å². The van der Waals surface area contributed by atoms with Gasteiger partial charge < -0.3 is 4.74 Å². The Morgan fingerprint density at radius 2 is 2.14 bits per heavy atom. The van der Waals surface area contributed by atoms with Crippen LogP contribution >= 0.6 is 11.8 Å². The zero-order chi connectivity index (χ0) is 10.2. The van der Waals surface area contributed by atoms with Gasteiger partial charge in [0.1, 0.15) is 5.72 Å². The van der Waals surface area contributed by atoms with E-state index in [-0.39, 0.29) is 5.72 Å². The number of rotatable bonds is 1. The third kappa shape index (κ3) is 2.10. The van der Waals surface area contributed by atoms with Gasteiger partial charge in [0.05, 0.1) is 6.61 Å². The summed E-state index contributed by atoms with van der Waals surface area (Å²) in [5.41, 5.74) is 0.240.